The van der Waals surface area contributed by atoms with Crippen LogP contribution in [0.1, 0.15) is 28.4 Å². The summed E-state index contributed by atoms with van der Waals surface area (Å²) in [6, 6.07) is 8.23. The number of rotatable bonds is 5. The number of ether oxygens (including phenoxy) is 1. The minimum atomic E-state index is -0.610. The van der Waals surface area contributed by atoms with Crippen molar-refractivity contribution >= 4 is 11.9 Å². The molecule has 1 heterocycles. The molecule has 1 aromatic carbocycles. The van der Waals surface area contributed by atoms with Gasteiger partial charge >= 0.3 is 5.97 Å². The van der Waals surface area contributed by atoms with Gasteiger partial charge in [-0.05, 0) is 29.8 Å². The summed E-state index contributed by atoms with van der Waals surface area (Å²) in [4.78, 5) is 27.6. The molecule has 2 aromatic rings. The van der Waals surface area contributed by atoms with Crippen molar-refractivity contribution in [2.75, 3.05) is 7.11 Å². The zero-order valence-corrected chi connectivity index (χ0v) is 12.0. The molecule has 114 valence electrons. The van der Waals surface area contributed by atoms with Crippen molar-refractivity contribution in [3.05, 3.63) is 65.7 Å². The Balaban J connectivity index is 2.19. The fraction of sp³-hybridized carbons (Fsp3) is 0.188. The van der Waals surface area contributed by atoms with Crippen LogP contribution in [-0.2, 0) is 9.53 Å². The second-order valence-electron chi connectivity index (χ2n) is 4.60. The molecule has 0 fully saturated rings. The van der Waals surface area contributed by atoms with E-state index in [0.717, 1.165) is 0 Å². The fourth-order valence-electron chi connectivity index (χ4n) is 1.94. The third kappa shape index (κ3) is 4.12. The van der Waals surface area contributed by atoms with Gasteiger partial charge in [0, 0.05) is 12.4 Å². The van der Waals surface area contributed by atoms with Crippen molar-refractivity contribution in [1.82, 2.24) is 10.3 Å². The van der Waals surface area contributed by atoms with Gasteiger partial charge in [-0.2, -0.15) is 0 Å². The van der Waals surface area contributed by atoms with Crippen molar-refractivity contribution in [3.63, 3.8) is 0 Å². The van der Waals surface area contributed by atoms with Gasteiger partial charge in [-0.15, -0.1) is 0 Å². The van der Waals surface area contributed by atoms with E-state index in [1.54, 1.807) is 18.3 Å². The predicted molar refractivity (Wildman–Crippen MR) is 77.5 cm³/mol. The number of hydrogen-bond acceptors (Lipinski definition) is 4. The van der Waals surface area contributed by atoms with Crippen LogP contribution in [0, 0.1) is 5.82 Å². The van der Waals surface area contributed by atoms with Crippen LogP contribution in [0.25, 0.3) is 0 Å². The van der Waals surface area contributed by atoms with Crippen LogP contribution in [0.2, 0.25) is 0 Å². The molecule has 22 heavy (non-hydrogen) atoms. The van der Waals surface area contributed by atoms with Gasteiger partial charge in [0.05, 0.1) is 25.1 Å². The molecule has 0 saturated heterocycles. The van der Waals surface area contributed by atoms with E-state index in [0.29, 0.717) is 11.1 Å². The monoisotopic (exact) mass is 302 g/mol. The van der Waals surface area contributed by atoms with Crippen LogP contribution >= 0.6 is 0 Å². The molecular formula is C16H15FN2O3. The molecule has 2 rings (SSSR count). The zero-order valence-electron chi connectivity index (χ0n) is 12.0. The Hall–Kier alpha value is -2.76. The highest BCUT2D eigenvalue weighted by Gasteiger charge is 2.19. The largest absolute Gasteiger partial charge is 0.469 e. The van der Waals surface area contributed by atoms with E-state index in [-0.39, 0.29) is 18.1 Å². The number of nitrogens with one attached hydrogen (secondary N) is 1. The zero-order chi connectivity index (χ0) is 15.9. The fourth-order valence-corrected chi connectivity index (χ4v) is 1.94. The molecule has 1 N–H and O–H groups in total. The summed E-state index contributed by atoms with van der Waals surface area (Å²) in [6.45, 7) is 0. The van der Waals surface area contributed by atoms with Crippen LogP contribution < -0.4 is 5.32 Å². The summed E-state index contributed by atoms with van der Waals surface area (Å²) in [5, 5.41) is 2.73. The Morgan fingerprint density at radius 2 is 2.00 bits per heavy atom. The molecular weight excluding hydrogens is 287 g/mol. The van der Waals surface area contributed by atoms with E-state index < -0.39 is 12.0 Å². The lowest BCUT2D eigenvalue weighted by Crippen LogP contribution is -2.30. The molecule has 5 nitrogen and oxygen atoms in total. The number of pyridine rings is 1. The van der Waals surface area contributed by atoms with Crippen LogP contribution in [-0.4, -0.2) is 24.0 Å². The number of halogens is 1. The van der Waals surface area contributed by atoms with Gasteiger partial charge in [0.15, 0.2) is 0 Å². The standard InChI is InChI=1S/C16H15FN2O3/c1-22-15(20)9-14(11-4-6-13(17)7-5-11)19-16(21)12-3-2-8-18-10-12/h2-8,10,14H,9H2,1H3,(H,19,21). The smallest absolute Gasteiger partial charge is 0.307 e. The maximum Gasteiger partial charge on any atom is 0.307 e. The Morgan fingerprint density at radius 1 is 1.27 bits per heavy atom. The van der Waals surface area contributed by atoms with Gasteiger partial charge in [-0.25, -0.2) is 4.39 Å². The lowest BCUT2D eigenvalue weighted by molar-refractivity contribution is -0.141. The van der Waals surface area contributed by atoms with Crippen LogP contribution in [0.5, 0.6) is 0 Å². The minimum Gasteiger partial charge on any atom is -0.469 e. The van der Waals surface area contributed by atoms with Crippen molar-refractivity contribution in [2.24, 2.45) is 0 Å². The summed E-state index contributed by atoms with van der Waals surface area (Å²) in [5.41, 5.74) is 0.989. The van der Waals surface area contributed by atoms with Gasteiger partial charge < -0.3 is 10.1 Å². The average Bonchev–Trinajstić information content (AvgIpc) is 2.55. The Morgan fingerprint density at radius 3 is 2.59 bits per heavy atom. The number of benzene rings is 1. The average molecular weight is 302 g/mol. The number of esters is 1. The van der Waals surface area contributed by atoms with E-state index in [2.05, 4.69) is 15.0 Å². The van der Waals surface area contributed by atoms with Crippen LogP contribution in [0.15, 0.2) is 48.8 Å². The van der Waals surface area contributed by atoms with E-state index >= 15 is 0 Å². The van der Waals surface area contributed by atoms with Gasteiger partial charge in [-0.3, -0.25) is 14.6 Å². The number of hydrogen-bond donors (Lipinski definition) is 1. The highest BCUT2D eigenvalue weighted by atomic mass is 19.1. The highest BCUT2D eigenvalue weighted by Crippen LogP contribution is 2.18. The number of carbonyl (C=O) groups excluding carboxylic acids is 2. The molecule has 1 atom stereocenters. The first kappa shape index (κ1) is 15.6. The highest BCUT2D eigenvalue weighted by molar-refractivity contribution is 5.94. The molecule has 1 amide bonds. The first-order chi connectivity index (χ1) is 10.6. The summed E-state index contributed by atoms with van der Waals surface area (Å²) in [6.07, 6.45) is 2.94. The number of aromatic nitrogens is 1. The number of carbonyl (C=O) groups is 2. The molecule has 0 aliphatic heterocycles. The minimum absolute atomic E-state index is 0.0475. The molecule has 6 heteroatoms. The molecule has 1 aromatic heterocycles. The molecule has 0 spiro atoms. The van der Waals surface area contributed by atoms with E-state index in [9.17, 15) is 14.0 Å². The third-order valence-corrected chi connectivity index (χ3v) is 3.10. The Labute approximate surface area is 127 Å². The maximum absolute atomic E-state index is 13.0. The second-order valence-corrected chi connectivity index (χ2v) is 4.60. The van der Waals surface area contributed by atoms with Crippen molar-refractivity contribution in [3.8, 4) is 0 Å². The topological polar surface area (TPSA) is 68.3 Å². The van der Waals surface area contributed by atoms with Gasteiger partial charge in [0.2, 0.25) is 0 Å². The predicted octanol–water partition coefficient (Wildman–Crippen LogP) is 2.25. The SMILES string of the molecule is COC(=O)CC(NC(=O)c1cccnc1)c1ccc(F)cc1. The quantitative estimate of drug-likeness (QED) is 0.860. The number of amides is 1. The third-order valence-electron chi connectivity index (χ3n) is 3.10. The molecule has 0 aliphatic rings. The number of nitrogens with zero attached hydrogens (tertiary/aromatic N) is 1. The molecule has 0 radical (unpaired) electrons. The van der Waals surface area contributed by atoms with Crippen molar-refractivity contribution in [1.29, 1.82) is 0 Å². The Bertz CT molecular complexity index is 644. The van der Waals surface area contributed by atoms with Gasteiger partial charge in [0.25, 0.3) is 5.91 Å². The summed E-state index contributed by atoms with van der Waals surface area (Å²) in [7, 11) is 1.27. The first-order valence-electron chi connectivity index (χ1n) is 6.63. The number of methoxy groups -OCH3 is 1. The van der Waals surface area contributed by atoms with Gasteiger partial charge in [0.1, 0.15) is 5.82 Å². The van der Waals surface area contributed by atoms with Crippen molar-refractivity contribution < 1.29 is 18.7 Å². The molecule has 0 aliphatic carbocycles. The van der Waals surface area contributed by atoms with E-state index in [1.807, 2.05) is 0 Å². The van der Waals surface area contributed by atoms with Crippen LogP contribution in [0.4, 0.5) is 4.39 Å². The van der Waals surface area contributed by atoms with Crippen molar-refractivity contribution in [2.45, 2.75) is 12.5 Å². The molecule has 1 unspecified atom stereocenters. The Kier molecular flexibility index (Phi) is 5.19. The van der Waals surface area contributed by atoms with Crippen LogP contribution in [0.3, 0.4) is 0 Å². The summed E-state index contributed by atoms with van der Waals surface area (Å²) >= 11 is 0. The van der Waals surface area contributed by atoms with Gasteiger partial charge in [-0.1, -0.05) is 12.1 Å². The van der Waals surface area contributed by atoms with E-state index in [4.69, 9.17) is 0 Å². The second kappa shape index (κ2) is 7.31. The molecule has 0 saturated carbocycles. The summed E-state index contributed by atoms with van der Waals surface area (Å²) in [5.74, 6) is -1.23. The van der Waals surface area contributed by atoms with E-state index in [1.165, 1.54) is 37.6 Å². The summed E-state index contributed by atoms with van der Waals surface area (Å²) < 4.78 is 17.7. The normalized spacial score (nSPS) is 11.5. The first-order valence-corrected chi connectivity index (χ1v) is 6.63. The maximum atomic E-state index is 13.0. The lowest BCUT2D eigenvalue weighted by atomic mass is 10.0. The lowest BCUT2D eigenvalue weighted by Gasteiger charge is -2.18. The molecule has 0 bridgehead atoms.